The first-order valence-corrected chi connectivity index (χ1v) is 10.1. The lowest BCUT2D eigenvalue weighted by Gasteiger charge is -2.09. The lowest BCUT2D eigenvalue weighted by Crippen LogP contribution is -2.30. The monoisotopic (exact) mass is 470 g/mol. The number of aromatic nitrogens is 2. The summed E-state index contributed by atoms with van der Waals surface area (Å²) in [5.41, 5.74) is 2.42. The van der Waals surface area contributed by atoms with Crippen LogP contribution in [0.3, 0.4) is 0 Å². The third-order valence-corrected chi connectivity index (χ3v) is 4.80. The zero-order chi connectivity index (χ0) is 25.3. The van der Waals surface area contributed by atoms with Crippen LogP contribution in [-0.2, 0) is 28.0 Å². The topological polar surface area (TPSA) is 152 Å². The van der Waals surface area contributed by atoms with E-state index in [1.54, 1.807) is 25.8 Å². The zero-order valence-electron chi connectivity index (χ0n) is 18.9. The molecule has 2 aromatic carbocycles. The highest BCUT2D eigenvalue weighted by Gasteiger charge is 2.18. The van der Waals surface area contributed by atoms with Crippen molar-refractivity contribution in [1.82, 2.24) is 14.7 Å². The Morgan fingerprint density at radius 2 is 1.56 bits per heavy atom. The largest absolute Gasteiger partial charge is 0.496 e. The van der Waals surface area contributed by atoms with Crippen LogP contribution in [0.15, 0.2) is 59.4 Å². The fraction of sp³-hybridized carbons (Fsp3) is 0.217. The van der Waals surface area contributed by atoms with Crippen molar-refractivity contribution in [3.8, 4) is 11.4 Å². The quantitative estimate of drug-likeness (QED) is 0.378. The molecule has 0 saturated carbocycles. The van der Waals surface area contributed by atoms with Crippen molar-refractivity contribution in [3.63, 3.8) is 0 Å². The molecule has 180 valence electrons. The highest BCUT2D eigenvalue weighted by Crippen LogP contribution is 2.17. The second kappa shape index (κ2) is 12.0. The Hall–Kier alpha value is -4.38. The number of carboxylic acids is 2. The van der Waals surface area contributed by atoms with Gasteiger partial charge in [-0.2, -0.15) is 0 Å². The molecule has 0 unspecified atom stereocenters. The van der Waals surface area contributed by atoms with Gasteiger partial charge in [0.25, 0.3) is 5.56 Å². The maximum absolute atomic E-state index is 12.8. The van der Waals surface area contributed by atoms with Gasteiger partial charge in [0, 0.05) is 19.2 Å². The number of carboxylic acid groups (broad SMARTS) is 2. The lowest BCUT2D eigenvalue weighted by atomic mass is 10.2. The Morgan fingerprint density at radius 1 is 0.971 bits per heavy atom. The summed E-state index contributed by atoms with van der Waals surface area (Å²) in [4.78, 5) is 43.4. The first-order valence-electron chi connectivity index (χ1n) is 10.1. The summed E-state index contributed by atoms with van der Waals surface area (Å²) in [6.07, 6.45) is 0. The van der Waals surface area contributed by atoms with E-state index < -0.39 is 11.9 Å². The summed E-state index contributed by atoms with van der Waals surface area (Å²) in [5.74, 6) is -3.16. The average molecular weight is 470 g/mol. The van der Waals surface area contributed by atoms with E-state index in [1.165, 1.54) is 4.68 Å². The molecule has 1 heterocycles. The Balaban J connectivity index is 0.000000604. The summed E-state index contributed by atoms with van der Waals surface area (Å²) in [5, 5.41) is 20.6. The fourth-order valence-electron chi connectivity index (χ4n) is 3.06. The minimum atomic E-state index is -1.82. The molecule has 0 bridgehead atoms. The van der Waals surface area contributed by atoms with Crippen LogP contribution in [0.5, 0.6) is 5.75 Å². The van der Waals surface area contributed by atoms with E-state index in [9.17, 15) is 9.59 Å². The molecule has 0 saturated heterocycles. The molecule has 0 atom stereocenters. The molecule has 11 nitrogen and oxygen atoms in total. The minimum absolute atomic E-state index is 0.0805. The van der Waals surface area contributed by atoms with E-state index in [-0.39, 0.29) is 23.7 Å². The van der Waals surface area contributed by atoms with Crippen molar-refractivity contribution in [2.45, 2.75) is 13.5 Å². The van der Waals surface area contributed by atoms with E-state index in [4.69, 9.17) is 24.5 Å². The summed E-state index contributed by atoms with van der Waals surface area (Å²) >= 11 is 0. The molecule has 34 heavy (non-hydrogen) atoms. The van der Waals surface area contributed by atoms with E-state index in [1.807, 2.05) is 54.6 Å². The third-order valence-electron chi connectivity index (χ3n) is 4.80. The molecule has 1 aromatic heterocycles. The van der Waals surface area contributed by atoms with E-state index in [0.29, 0.717) is 12.2 Å². The number of para-hydroxylation sites is 2. The predicted molar refractivity (Wildman–Crippen MR) is 124 cm³/mol. The summed E-state index contributed by atoms with van der Waals surface area (Å²) in [6, 6.07) is 16.9. The van der Waals surface area contributed by atoms with Gasteiger partial charge in [-0.05, 0) is 25.1 Å². The zero-order valence-corrected chi connectivity index (χ0v) is 18.9. The normalized spacial score (nSPS) is 10.1. The van der Waals surface area contributed by atoms with Crippen LogP contribution in [-0.4, -0.2) is 51.1 Å². The number of hydrogen-bond acceptors (Lipinski definition) is 6. The molecule has 0 aliphatic rings. The van der Waals surface area contributed by atoms with Gasteiger partial charge in [-0.25, -0.2) is 14.3 Å². The molecule has 3 aromatic rings. The summed E-state index contributed by atoms with van der Waals surface area (Å²) in [7, 11) is 3.40. The second-order valence-electron chi connectivity index (χ2n) is 7.01. The van der Waals surface area contributed by atoms with Gasteiger partial charge in [-0.1, -0.05) is 36.4 Å². The fourth-order valence-corrected chi connectivity index (χ4v) is 3.06. The van der Waals surface area contributed by atoms with Crippen molar-refractivity contribution < 1.29 is 29.3 Å². The van der Waals surface area contributed by atoms with E-state index in [2.05, 4.69) is 10.6 Å². The Morgan fingerprint density at radius 3 is 2.15 bits per heavy atom. The molecule has 1 amide bonds. The number of methoxy groups -OCH3 is 1. The second-order valence-corrected chi connectivity index (χ2v) is 7.01. The van der Waals surface area contributed by atoms with Crippen LogP contribution in [0, 0.1) is 6.92 Å². The van der Waals surface area contributed by atoms with Crippen molar-refractivity contribution in [2.24, 2.45) is 7.05 Å². The van der Waals surface area contributed by atoms with Crippen molar-refractivity contribution >= 4 is 23.5 Å². The van der Waals surface area contributed by atoms with Gasteiger partial charge in [-0.15, -0.1) is 0 Å². The van der Waals surface area contributed by atoms with Crippen molar-refractivity contribution in [1.29, 1.82) is 0 Å². The molecule has 0 fully saturated rings. The maximum Gasteiger partial charge on any atom is 0.414 e. The lowest BCUT2D eigenvalue weighted by molar-refractivity contribution is -0.159. The average Bonchev–Trinajstić information content (AvgIpc) is 3.03. The van der Waals surface area contributed by atoms with Crippen LogP contribution < -0.4 is 20.9 Å². The number of ether oxygens (including phenoxy) is 1. The number of aliphatic carboxylic acids is 2. The maximum atomic E-state index is 12.8. The molecule has 3 rings (SSSR count). The summed E-state index contributed by atoms with van der Waals surface area (Å²) in [6.45, 7) is 2.37. The standard InChI is InChI=1S/C21H24N4O3.C2H2O4/c1-15-20(21(27)25(24(15)2)17-10-5-4-6-11-17)23-19(26)14-22-13-16-9-7-8-12-18(16)28-3;3-1(4)2(5)6/h4-12,22H,13-14H2,1-3H3,(H,23,26);(H,3,4)(H,5,6). The van der Waals surface area contributed by atoms with Crippen molar-refractivity contribution in [2.75, 3.05) is 19.0 Å². The van der Waals surface area contributed by atoms with Crippen LogP contribution in [0.4, 0.5) is 5.69 Å². The highest BCUT2D eigenvalue weighted by molar-refractivity contribution is 6.27. The van der Waals surface area contributed by atoms with Gasteiger partial charge in [0.05, 0.1) is 25.0 Å². The van der Waals surface area contributed by atoms with Gasteiger partial charge < -0.3 is 25.6 Å². The third kappa shape index (κ3) is 6.56. The van der Waals surface area contributed by atoms with Gasteiger partial charge in [-0.3, -0.25) is 14.3 Å². The molecule has 0 spiro atoms. The number of benzene rings is 2. The molecule has 11 heteroatoms. The molecule has 4 N–H and O–H groups in total. The number of anilines is 1. The number of hydrogen-bond donors (Lipinski definition) is 4. The first-order chi connectivity index (χ1) is 16.2. The summed E-state index contributed by atoms with van der Waals surface area (Å²) < 4.78 is 8.57. The highest BCUT2D eigenvalue weighted by atomic mass is 16.5. The number of carbonyl (C=O) groups excluding carboxylic acids is 1. The van der Waals surface area contributed by atoms with Crippen LogP contribution in [0.25, 0.3) is 5.69 Å². The number of nitrogens with one attached hydrogen (secondary N) is 2. The molecular weight excluding hydrogens is 444 g/mol. The van der Waals surface area contributed by atoms with Gasteiger partial charge in [0.2, 0.25) is 5.91 Å². The predicted octanol–water partition coefficient (Wildman–Crippen LogP) is 1.38. The van der Waals surface area contributed by atoms with Gasteiger partial charge in [0.1, 0.15) is 11.4 Å². The molecule has 0 aliphatic carbocycles. The Kier molecular flexibility index (Phi) is 9.15. The van der Waals surface area contributed by atoms with Crippen LogP contribution in [0.1, 0.15) is 11.3 Å². The first kappa shape index (κ1) is 25.9. The van der Waals surface area contributed by atoms with E-state index in [0.717, 1.165) is 17.0 Å². The van der Waals surface area contributed by atoms with Crippen molar-refractivity contribution in [3.05, 3.63) is 76.2 Å². The SMILES string of the molecule is COc1ccccc1CNCC(=O)Nc1c(C)n(C)n(-c2ccccc2)c1=O.O=C(O)C(=O)O. The van der Waals surface area contributed by atoms with Gasteiger partial charge >= 0.3 is 11.9 Å². The molecule has 0 radical (unpaired) electrons. The molecule has 0 aliphatic heterocycles. The van der Waals surface area contributed by atoms with E-state index >= 15 is 0 Å². The minimum Gasteiger partial charge on any atom is -0.496 e. The number of nitrogens with zero attached hydrogens (tertiary/aromatic N) is 2. The molecular formula is C23H26N4O7. The Bertz CT molecular complexity index is 1200. The smallest absolute Gasteiger partial charge is 0.414 e. The number of amides is 1. The van der Waals surface area contributed by atoms with Gasteiger partial charge in [0.15, 0.2) is 0 Å². The number of carbonyl (C=O) groups is 3. The Labute approximate surface area is 195 Å². The van der Waals surface area contributed by atoms with Crippen LogP contribution >= 0.6 is 0 Å². The van der Waals surface area contributed by atoms with Crippen LogP contribution in [0.2, 0.25) is 0 Å². The number of rotatable bonds is 7.